The molecule has 0 fully saturated rings. The minimum absolute atomic E-state index is 0.0148. The number of nitro benzene ring substituents is 1. The van der Waals surface area contributed by atoms with Gasteiger partial charge in [-0.15, -0.1) is 0 Å². The highest BCUT2D eigenvalue weighted by molar-refractivity contribution is 5.35. The Morgan fingerprint density at radius 1 is 1.19 bits per heavy atom. The Bertz CT molecular complexity index is 328. The van der Waals surface area contributed by atoms with Gasteiger partial charge in [-0.1, -0.05) is 0 Å². The molecule has 0 heterocycles. The van der Waals surface area contributed by atoms with Crippen molar-refractivity contribution in [3.8, 4) is 5.75 Å². The molecule has 1 rings (SSSR count). The summed E-state index contributed by atoms with van der Waals surface area (Å²) in [6, 6.07) is 5.73. The van der Waals surface area contributed by atoms with Crippen LogP contribution in [0.15, 0.2) is 24.3 Å². The molecule has 0 aliphatic rings. The lowest BCUT2D eigenvalue weighted by atomic mass is 10.3. The monoisotopic (exact) mass is 229 g/mol. The van der Waals surface area contributed by atoms with E-state index < -0.39 is 11.6 Å². The molecule has 0 N–H and O–H groups in total. The number of halogens is 1. The Labute approximate surface area is 91.9 Å². The maximum Gasteiger partial charge on any atom is 0.269 e. The van der Waals surface area contributed by atoms with Crippen molar-refractivity contribution in [3.05, 3.63) is 34.4 Å². The van der Waals surface area contributed by atoms with Crippen LogP contribution in [-0.2, 0) is 4.74 Å². The van der Waals surface area contributed by atoms with Crippen LogP contribution in [0.4, 0.5) is 10.1 Å². The molecule has 1 aromatic rings. The van der Waals surface area contributed by atoms with Crippen molar-refractivity contribution in [2.24, 2.45) is 0 Å². The van der Waals surface area contributed by atoms with E-state index in [1.807, 2.05) is 0 Å². The molecular weight excluding hydrogens is 217 g/mol. The number of hydrogen-bond acceptors (Lipinski definition) is 4. The smallest absolute Gasteiger partial charge is 0.269 e. The van der Waals surface area contributed by atoms with Gasteiger partial charge >= 0.3 is 0 Å². The Morgan fingerprint density at radius 2 is 1.88 bits per heavy atom. The second-order valence-electron chi connectivity index (χ2n) is 2.90. The number of alkyl halides is 1. The first-order chi connectivity index (χ1) is 7.74. The largest absolute Gasteiger partial charge is 0.491 e. The third kappa shape index (κ3) is 4.22. The van der Waals surface area contributed by atoms with Crippen LogP contribution in [0.3, 0.4) is 0 Å². The number of nitrogens with zero attached hydrogens (tertiary/aromatic N) is 1. The van der Waals surface area contributed by atoms with Crippen molar-refractivity contribution in [2.45, 2.75) is 0 Å². The Hall–Kier alpha value is -1.69. The molecule has 16 heavy (non-hydrogen) atoms. The van der Waals surface area contributed by atoms with Crippen molar-refractivity contribution in [3.63, 3.8) is 0 Å². The lowest BCUT2D eigenvalue weighted by molar-refractivity contribution is -0.384. The molecule has 1 aromatic carbocycles. The van der Waals surface area contributed by atoms with Gasteiger partial charge in [0.25, 0.3) is 5.69 Å². The van der Waals surface area contributed by atoms with Gasteiger partial charge in [0.2, 0.25) is 0 Å². The van der Waals surface area contributed by atoms with Gasteiger partial charge in [-0.3, -0.25) is 10.1 Å². The number of benzene rings is 1. The SMILES string of the molecule is O=[N+]([O-])c1ccc(OCCOCCF)cc1. The van der Waals surface area contributed by atoms with Crippen LogP contribution in [0.1, 0.15) is 0 Å². The zero-order valence-electron chi connectivity index (χ0n) is 8.60. The molecule has 0 amide bonds. The Kier molecular flexibility index (Phi) is 5.21. The van der Waals surface area contributed by atoms with E-state index in [-0.39, 0.29) is 18.9 Å². The minimum Gasteiger partial charge on any atom is -0.491 e. The van der Waals surface area contributed by atoms with E-state index in [9.17, 15) is 14.5 Å². The molecular formula is C10H12FNO4. The fourth-order valence-electron chi connectivity index (χ4n) is 1.04. The van der Waals surface area contributed by atoms with Crippen LogP contribution >= 0.6 is 0 Å². The lowest BCUT2D eigenvalue weighted by Gasteiger charge is -2.05. The average Bonchev–Trinajstić information content (AvgIpc) is 2.29. The molecule has 5 nitrogen and oxygen atoms in total. The van der Waals surface area contributed by atoms with Gasteiger partial charge in [0.05, 0.1) is 18.1 Å². The highest BCUT2D eigenvalue weighted by Crippen LogP contribution is 2.16. The summed E-state index contributed by atoms with van der Waals surface area (Å²) in [5.74, 6) is 0.523. The van der Waals surface area contributed by atoms with Gasteiger partial charge in [0, 0.05) is 12.1 Å². The maximum absolute atomic E-state index is 11.6. The summed E-state index contributed by atoms with van der Waals surface area (Å²) in [7, 11) is 0. The van der Waals surface area contributed by atoms with Crippen LogP contribution in [0, 0.1) is 10.1 Å². The second-order valence-corrected chi connectivity index (χ2v) is 2.90. The van der Waals surface area contributed by atoms with Crippen LogP contribution in [0.2, 0.25) is 0 Å². The number of ether oxygens (including phenoxy) is 2. The van der Waals surface area contributed by atoms with Crippen LogP contribution in [0.5, 0.6) is 5.75 Å². The van der Waals surface area contributed by atoms with Gasteiger partial charge in [-0.05, 0) is 12.1 Å². The molecule has 0 aliphatic heterocycles. The van der Waals surface area contributed by atoms with E-state index in [2.05, 4.69) is 0 Å². The molecule has 0 spiro atoms. The van der Waals surface area contributed by atoms with Crippen LogP contribution in [-0.4, -0.2) is 31.4 Å². The fraction of sp³-hybridized carbons (Fsp3) is 0.400. The molecule has 0 unspecified atom stereocenters. The van der Waals surface area contributed by atoms with Gasteiger partial charge in [0.15, 0.2) is 0 Å². The van der Waals surface area contributed by atoms with Gasteiger partial charge < -0.3 is 9.47 Å². The minimum atomic E-state index is -0.516. The molecule has 0 atom stereocenters. The van der Waals surface area contributed by atoms with E-state index in [1.54, 1.807) is 0 Å². The van der Waals surface area contributed by atoms with Gasteiger partial charge in [-0.25, -0.2) is 4.39 Å². The van der Waals surface area contributed by atoms with Crippen molar-refractivity contribution in [1.82, 2.24) is 0 Å². The van der Waals surface area contributed by atoms with Gasteiger partial charge in [0.1, 0.15) is 19.0 Å². The molecule has 88 valence electrons. The zero-order chi connectivity index (χ0) is 11.8. The number of non-ortho nitro benzene ring substituents is 1. The van der Waals surface area contributed by atoms with E-state index >= 15 is 0 Å². The quantitative estimate of drug-likeness (QED) is 0.407. The second kappa shape index (κ2) is 6.73. The summed E-state index contributed by atoms with van der Waals surface area (Å²) in [5.41, 5.74) is 0.0148. The number of nitro groups is 1. The summed E-state index contributed by atoms with van der Waals surface area (Å²) in [6.07, 6.45) is 0. The van der Waals surface area contributed by atoms with E-state index in [0.717, 1.165) is 0 Å². The number of hydrogen-bond donors (Lipinski definition) is 0. The van der Waals surface area contributed by atoms with Crippen molar-refractivity contribution < 1.29 is 18.8 Å². The maximum atomic E-state index is 11.6. The summed E-state index contributed by atoms with van der Waals surface area (Å²) in [6.45, 7) is 0.125. The van der Waals surface area contributed by atoms with Gasteiger partial charge in [-0.2, -0.15) is 0 Å². The number of rotatable bonds is 7. The third-order valence-electron chi connectivity index (χ3n) is 1.77. The van der Waals surface area contributed by atoms with E-state index in [1.165, 1.54) is 24.3 Å². The van der Waals surface area contributed by atoms with Crippen LogP contribution in [0.25, 0.3) is 0 Å². The van der Waals surface area contributed by atoms with Crippen LogP contribution < -0.4 is 4.74 Å². The summed E-state index contributed by atoms with van der Waals surface area (Å²) >= 11 is 0. The summed E-state index contributed by atoms with van der Waals surface area (Å²) < 4.78 is 21.7. The molecule has 0 saturated carbocycles. The summed E-state index contributed by atoms with van der Waals surface area (Å²) in [5, 5.41) is 10.4. The molecule has 0 bridgehead atoms. The molecule has 0 aliphatic carbocycles. The predicted molar refractivity (Wildman–Crippen MR) is 55.4 cm³/mol. The highest BCUT2D eigenvalue weighted by atomic mass is 19.1. The van der Waals surface area contributed by atoms with E-state index in [4.69, 9.17) is 9.47 Å². The normalized spacial score (nSPS) is 10.1. The average molecular weight is 229 g/mol. The van der Waals surface area contributed by atoms with Crippen molar-refractivity contribution in [2.75, 3.05) is 26.5 Å². The highest BCUT2D eigenvalue weighted by Gasteiger charge is 2.03. The zero-order valence-corrected chi connectivity index (χ0v) is 8.60. The first kappa shape index (κ1) is 12.4. The first-order valence-corrected chi connectivity index (χ1v) is 4.75. The molecule has 0 saturated heterocycles. The fourth-order valence-corrected chi connectivity index (χ4v) is 1.04. The molecule has 0 aromatic heterocycles. The Balaban J connectivity index is 2.29. The topological polar surface area (TPSA) is 61.6 Å². The Morgan fingerprint density at radius 3 is 2.44 bits per heavy atom. The van der Waals surface area contributed by atoms with Crippen molar-refractivity contribution in [1.29, 1.82) is 0 Å². The van der Waals surface area contributed by atoms with E-state index in [0.29, 0.717) is 12.4 Å². The third-order valence-corrected chi connectivity index (χ3v) is 1.77. The molecule has 6 heteroatoms. The predicted octanol–water partition coefficient (Wildman–Crippen LogP) is 1.96. The standard InChI is InChI=1S/C10H12FNO4/c11-5-6-15-7-8-16-10-3-1-9(2-4-10)12(13)14/h1-4H,5-8H2. The van der Waals surface area contributed by atoms with Crippen molar-refractivity contribution >= 4 is 5.69 Å². The molecule has 0 radical (unpaired) electrons. The summed E-state index contributed by atoms with van der Waals surface area (Å²) in [4.78, 5) is 9.88. The first-order valence-electron chi connectivity index (χ1n) is 4.75. The lowest BCUT2D eigenvalue weighted by Crippen LogP contribution is -2.08.